The van der Waals surface area contributed by atoms with E-state index in [0.717, 1.165) is 5.69 Å². The Morgan fingerprint density at radius 3 is 2.38 bits per heavy atom. The molecular formula is C12H24N4. The maximum atomic E-state index is 5.68. The van der Waals surface area contributed by atoms with Gasteiger partial charge < -0.3 is 0 Å². The van der Waals surface area contributed by atoms with Crippen LogP contribution in [0.15, 0.2) is 12.3 Å². The molecule has 0 aliphatic rings. The summed E-state index contributed by atoms with van der Waals surface area (Å²) in [4.78, 5) is 0. The van der Waals surface area contributed by atoms with Crippen LogP contribution in [-0.2, 0) is 7.05 Å². The van der Waals surface area contributed by atoms with Crippen LogP contribution in [0.2, 0.25) is 0 Å². The summed E-state index contributed by atoms with van der Waals surface area (Å²) in [5, 5.41) is 4.44. The van der Waals surface area contributed by atoms with E-state index in [9.17, 15) is 0 Å². The predicted octanol–water partition coefficient (Wildman–Crippen LogP) is 2.14. The highest BCUT2D eigenvalue weighted by molar-refractivity contribution is 5.06. The van der Waals surface area contributed by atoms with E-state index >= 15 is 0 Å². The lowest BCUT2D eigenvalue weighted by Gasteiger charge is -2.24. The van der Waals surface area contributed by atoms with E-state index < -0.39 is 0 Å². The van der Waals surface area contributed by atoms with Gasteiger partial charge in [-0.25, -0.2) is 0 Å². The Kier molecular flexibility index (Phi) is 5.49. The van der Waals surface area contributed by atoms with Gasteiger partial charge in [-0.05, 0) is 24.8 Å². The number of nitrogens with two attached hydrogens (primary N) is 1. The van der Waals surface area contributed by atoms with Gasteiger partial charge in [0.15, 0.2) is 0 Å². The maximum Gasteiger partial charge on any atom is 0.0810 e. The van der Waals surface area contributed by atoms with Gasteiger partial charge in [-0.2, -0.15) is 5.10 Å². The van der Waals surface area contributed by atoms with E-state index in [0.29, 0.717) is 5.92 Å². The first-order valence-corrected chi connectivity index (χ1v) is 6.18. The van der Waals surface area contributed by atoms with Gasteiger partial charge in [0.2, 0.25) is 0 Å². The number of hydrogen-bond acceptors (Lipinski definition) is 3. The lowest BCUT2D eigenvalue weighted by Crippen LogP contribution is -2.34. The Morgan fingerprint density at radius 1 is 1.38 bits per heavy atom. The highest BCUT2D eigenvalue weighted by Crippen LogP contribution is 2.27. The standard InChI is InChI=1S/C12H24N4/c1-4-6-10(7-5-2)12(14-13)11-8-9-16(3)15-11/h8-10,12,14H,4-7,13H2,1-3H3. The van der Waals surface area contributed by atoms with Gasteiger partial charge >= 0.3 is 0 Å². The summed E-state index contributed by atoms with van der Waals surface area (Å²) in [5.41, 5.74) is 3.98. The summed E-state index contributed by atoms with van der Waals surface area (Å²) >= 11 is 0. The lowest BCUT2D eigenvalue weighted by molar-refractivity contribution is 0.312. The largest absolute Gasteiger partial charge is 0.275 e. The second-order valence-corrected chi connectivity index (χ2v) is 4.40. The zero-order valence-corrected chi connectivity index (χ0v) is 10.6. The molecular weight excluding hydrogens is 200 g/mol. The second kappa shape index (κ2) is 6.66. The van der Waals surface area contributed by atoms with Crippen LogP contribution in [0.4, 0.5) is 0 Å². The Labute approximate surface area is 98.2 Å². The summed E-state index contributed by atoms with van der Waals surface area (Å²) in [6.07, 6.45) is 6.73. The number of hydrazine groups is 1. The average molecular weight is 224 g/mol. The summed E-state index contributed by atoms with van der Waals surface area (Å²) in [6, 6.07) is 2.23. The van der Waals surface area contributed by atoms with Crippen LogP contribution in [0.3, 0.4) is 0 Å². The van der Waals surface area contributed by atoms with E-state index in [4.69, 9.17) is 5.84 Å². The van der Waals surface area contributed by atoms with Crippen LogP contribution in [0.25, 0.3) is 0 Å². The normalized spacial score (nSPS) is 13.3. The van der Waals surface area contributed by atoms with Crippen LogP contribution in [0.1, 0.15) is 51.3 Å². The molecule has 0 aliphatic heterocycles. The molecule has 0 saturated heterocycles. The molecule has 0 aliphatic carbocycles. The van der Waals surface area contributed by atoms with Gasteiger partial charge in [-0.3, -0.25) is 16.0 Å². The smallest absolute Gasteiger partial charge is 0.0810 e. The number of aromatic nitrogens is 2. The van der Waals surface area contributed by atoms with Crippen molar-refractivity contribution in [3.63, 3.8) is 0 Å². The van der Waals surface area contributed by atoms with Crippen molar-refractivity contribution in [2.24, 2.45) is 18.8 Å². The molecule has 1 unspecified atom stereocenters. The molecule has 92 valence electrons. The van der Waals surface area contributed by atoms with Gasteiger partial charge in [0, 0.05) is 13.2 Å². The number of nitrogens with one attached hydrogen (secondary N) is 1. The fourth-order valence-corrected chi connectivity index (χ4v) is 2.28. The topological polar surface area (TPSA) is 55.9 Å². The molecule has 4 heteroatoms. The Hall–Kier alpha value is -0.870. The molecule has 1 rings (SSSR count). The van der Waals surface area contributed by atoms with Crippen LogP contribution >= 0.6 is 0 Å². The quantitative estimate of drug-likeness (QED) is 0.551. The van der Waals surface area contributed by atoms with Crippen molar-refractivity contribution in [1.29, 1.82) is 0 Å². The summed E-state index contributed by atoms with van der Waals surface area (Å²) in [7, 11) is 1.94. The molecule has 1 aromatic heterocycles. The van der Waals surface area contributed by atoms with Crippen LogP contribution in [0.5, 0.6) is 0 Å². The molecule has 4 nitrogen and oxygen atoms in total. The van der Waals surface area contributed by atoms with Crippen molar-refractivity contribution in [3.8, 4) is 0 Å². The summed E-state index contributed by atoms with van der Waals surface area (Å²) < 4.78 is 1.83. The second-order valence-electron chi connectivity index (χ2n) is 4.40. The minimum Gasteiger partial charge on any atom is -0.275 e. The SMILES string of the molecule is CCCC(CCC)C(NN)c1ccn(C)n1. The van der Waals surface area contributed by atoms with E-state index in [1.165, 1.54) is 25.7 Å². The van der Waals surface area contributed by atoms with Crippen molar-refractivity contribution >= 4 is 0 Å². The first-order chi connectivity index (χ1) is 7.72. The van der Waals surface area contributed by atoms with Crippen LogP contribution in [-0.4, -0.2) is 9.78 Å². The first kappa shape index (κ1) is 13.2. The van der Waals surface area contributed by atoms with Crippen molar-refractivity contribution in [3.05, 3.63) is 18.0 Å². The number of rotatable bonds is 7. The summed E-state index contributed by atoms with van der Waals surface area (Å²) in [5.74, 6) is 6.25. The molecule has 3 N–H and O–H groups in total. The fourth-order valence-electron chi connectivity index (χ4n) is 2.28. The molecule has 16 heavy (non-hydrogen) atoms. The van der Waals surface area contributed by atoms with Crippen LogP contribution < -0.4 is 11.3 Å². The predicted molar refractivity (Wildman–Crippen MR) is 66.6 cm³/mol. The van der Waals surface area contributed by atoms with Crippen molar-refractivity contribution < 1.29 is 0 Å². The zero-order valence-electron chi connectivity index (χ0n) is 10.6. The Morgan fingerprint density at radius 2 is 2.00 bits per heavy atom. The molecule has 0 radical (unpaired) electrons. The number of aryl methyl sites for hydroxylation is 1. The molecule has 0 fully saturated rings. The molecule has 1 aromatic rings. The third kappa shape index (κ3) is 3.32. The van der Waals surface area contributed by atoms with E-state index in [-0.39, 0.29) is 6.04 Å². The van der Waals surface area contributed by atoms with Gasteiger partial charge in [-0.1, -0.05) is 26.7 Å². The maximum absolute atomic E-state index is 5.68. The molecule has 1 atom stereocenters. The van der Waals surface area contributed by atoms with Gasteiger partial charge in [0.25, 0.3) is 0 Å². The Balaban J connectivity index is 2.76. The molecule has 0 spiro atoms. The van der Waals surface area contributed by atoms with E-state index in [1.807, 2.05) is 24.0 Å². The van der Waals surface area contributed by atoms with E-state index in [1.54, 1.807) is 0 Å². The third-order valence-electron chi connectivity index (χ3n) is 3.02. The van der Waals surface area contributed by atoms with E-state index in [2.05, 4.69) is 24.4 Å². The molecule has 1 heterocycles. The molecule has 0 saturated carbocycles. The minimum atomic E-state index is 0.182. The average Bonchev–Trinajstić information content (AvgIpc) is 2.67. The highest BCUT2D eigenvalue weighted by atomic mass is 15.3. The zero-order chi connectivity index (χ0) is 12.0. The molecule has 0 amide bonds. The molecule has 0 bridgehead atoms. The van der Waals surface area contributed by atoms with Crippen LogP contribution in [0, 0.1) is 5.92 Å². The van der Waals surface area contributed by atoms with Gasteiger partial charge in [0.1, 0.15) is 0 Å². The van der Waals surface area contributed by atoms with Crippen molar-refractivity contribution in [1.82, 2.24) is 15.2 Å². The first-order valence-electron chi connectivity index (χ1n) is 6.18. The number of nitrogens with zero attached hydrogens (tertiary/aromatic N) is 2. The monoisotopic (exact) mass is 224 g/mol. The van der Waals surface area contributed by atoms with Gasteiger partial charge in [-0.15, -0.1) is 0 Å². The molecule has 0 aromatic carbocycles. The summed E-state index contributed by atoms with van der Waals surface area (Å²) in [6.45, 7) is 4.43. The minimum absolute atomic E-state index is 0.182. The fraction of sp³-hybridized carbons (Fsp3) is 0.750. The van der Waals surface area contributed by atoms with Crippen molar-refractivity contribution in [2.45, 2.75) is 45.6 Å². The lowest BCUT2D eigenvalue weighted by atomic mass is 9.89. The van der Waals surface area contributed by atoms with Crippen molar-refractivity contribution in [2.75, 3.05) is 0 Å². The van der Waals surface area contributed by atoms with Gasteiger partial charge in [0.05, 0.1) is 11.7 Å². The third-order valence-corrected chi connectivity index (χ3v) is 3.02. The highest BCUT2D eigenvalue weighted by Gasteiger charge is 2.22. The Bertz CT molecular complexity index is 289. The number of hydrogen-bond donors (Lipinski definition) is 2.